The van der Waals surface area contributed by atoms with Gasteiger partial charge in [-0.1, -0.05) is 25.8 Å². The summed E-state index contributed by atoms with van der Waals surface area (Å²) in [6.45, 7) is 6.52. The third-order valence-electron chi connectivity index (χ3n) is 4.36. The maximum Gasteiger partial charge on any atom is 0.414 e. The summed E-state index contributed by atoms with van der Waals surface area (Å²) in [6, 6.07) is 0. The molecule has 0 aromatic rings. The van der Waals surface area contributed by atoms with Gasteiger partial charge < -0.3 is 4.90 Å². The lowest BCUT2D eigenvalue weighted by Crippen LogP contribution is -2.41. The molecule has 3 nitrogen and oxygen atoms in total. The van der Waals surface area contributed by atoms with Crippen molar-refractivity contribution in [3.63, 3.8) is 0 Å². The fourth-order valence-electron chi connectivity index (χ4n) is 3.08. The highest BCUT2D eigenvalue weighted by Crippen LogP contribution is 2.45. The summed E-state index contributed by atoms with van der Waals surface area (Å²) in [7, 11) is 0. The van der Waals surface area contributed by atoms with E-state index in [2.05, 4.69) is 0 Å². The molecular formula is C16H23ClF3N3. The third-order valence-corrected chi connectivity index (χ3v) is 4.83. The third kappa shape index (κ3) is 3.24. The molecule has 0 spiro atoms. The highest BCUT2D eigenvalue weighted by Gasteiger charge is 2.47. The number of halogens is 4. The SMILES string of the molecule is CCCCC=C1C2=C(C=C(C(F)(F)F)C1Cl)N(N)C(C)N2CC. The zero-order valence-corrected chi connectivity index (χ0v) is 14.4. The molecule has 0 fully saturated rings. The molecule has 0 saturated heterocycles. The van der Waals surface area contributed by atoms with Crippen LogP contribution in [0.1, 0.15) is 40.0 Å². The van der Waals surface area contributed by atoms with Gasteiger partial charge in [-0.25, -0.2) is 5.84 Å². The number of likely N-dealkylation sites (N-methyl/N-ethyl adjacent to an activating group) is 1. The molecule has 2 atom stereocenters. The van der Waals surface area contributed by atoms with Crippen LogP contribution in [0.4, 0.5) is 13.2 Å². The second-order valence-corrected chi connectivity index (χ2v) is 6.26. The zero-order valence-electron chi connectivity index (χ0n) is 13.6. The Labute approximate surface area is 140 Å². The quantitative estimate of drug-likeness (QED) is 0.467. The average Bonchev–Trinajstić information content (AvgIpc) is 2.71. The van der Waals surface area contributed by atoms with Crippen LogP contribution in [0.15, 0.2) is 34.7 Å². The molecule has 130 valence electrons. The van der Waals surface area contributed by atoms with Crippen LogP contribution in [0.3, 0.4) is 0 Å². The average molecular weight is 350 g/mol. The van der Waals surface area contributed by atoms with Crippen molar-refractivity contribution in [1.29, 1.82) is 0 Å². The molecule has 0 bridgehead atoms. The first-order valence-corrected chi connectivity index (χ1v) is 8.35. The molecule has 0 aromatic heterocycles. The summed E-state index contributed by atoms with van der Waals surface area (Å²) in [4.78, 5) is 1.99. The molecule has 0 amide bonds. The second-order valence-electron chi connectivity index (χ2n) is 5.82. The van der Waals surface area contributed by atoms with E-state index in [-0.39, 0.29) is 6.17 Å². The monoisotopic (exact) mass is 349 g/mol. The number of unbranched alkanes of at least 4 members (excludes halogenated alkanes) is 2. The van der Waals surface area contributed by atoms with Crippen molar-refractivity contribution in [2.75, 3.05) is 6.54 Å². The Morgan fingerprint density at radius 1 is 1.35 bits per heavy atom. The van der Waals surface area contributed by atoms with E-state index in [0.29, 0.717) is 24.2 Å². The van der Waals surface area contributed by atoms with Crippen LogP contribution in [-0.4, -0.2) is 34.2 Å². The maximum absolute atomic E-state index is 13.3. The molecule has 0 saturated carbocycles. The van der Waals surface area contributed by atoms with Crippen LogP contribution >= 0.6 is 11.6 Å². The van der Waals surface area contributed by atoms with Crippen LogP contribution < -0.4 is 5.84 Å². The number of nitrogens with zero attached hydrogens (tertiary/aromatic N) is 2. The molecule has 2 unspecified atom stereocenters. The molecule has 0 aromatic carbocycles. The summed E-state index contributed by atoms with van der Waals surface area (Å²) < 4.78 is 40.0. The first-order valence-electron chi connectivity index (χ1n) is 7.92. The van der Waals surface area contributed by atoms with Crippen LogP contribution in [-0.2, 0) is 0 Å². The van der Waals surface area contributed by atoms with Gasteiger partial charge in [0.15, 0.2) is 0 Å². The van der Waals surface area contributed by atoms with Crippen molar-refractivity contribution < 1.29 is 13.2 Å². The largest absolute Gasteiger partial charge is 0.414 e. The Kier molecular flexibility index (Phi) is 5.36. The van der Waals surface area contributed by atoms with Crippen molar-refractivity contribution >= 4 is 11.6 Å². The Morgan fingerprint density at radius 2 is 2.00 bits per heavy atom. The van der Waals surface area contributed by atoms with Gasteiger partial charge >= 0.3 is 6.18 Å². The van der Waals surface area contributed by atoms with E-state index in [9.17, 15) is 13.2 Å². The lowest BCUT2D eigenvalue weighted by molar-refractivity contribution is -0.0930. The highest BCUT2D eigenvalue weighted by atomic mass is 35.5. The Hall–Kier alpha value is -1.14. The van der Waals surface area contributed by atoms with Gasteiger partial charge in [0.05, 0.1) is 22.3 Å². The van der Waals surface area contributed by atoms with E-state index in [1.165, 1.54) is 5.01 Å². The minimum absolute atomic E-state index is 0.202. The van der Waals surface area contributed by atoms with Gasteiger partial charge in [0.25, 0.3) is 0 Å². The van der Waals surface area contributed by atoms with Crippen molar-refractivity contribution in [1.82, 2.24) is 9.91 Å². The number of hydrazine groups is 1. The molecule has 1 aliphatic carbocycles. The molecule has 1 heterocycles. The van der Waals surface area contributed by atoms with Gasteiger partial charge in [0, 0.05) is 6.54 Å². The van der Waals surface area contributed by atoms with E-state index in [4.69, 9.17) is 17.4 Å². The van der Waals surface area contributed by atoms with Gasteiger partial charge in [-0.2, -0.15) is 13.2 Å². The van der Waals surface area contributed by atoms with Crippen LogP contribution in [0, 0.1) is 0 Å². The summed E-state index contributed by atoms with van der Waals surface area (Å²) >= 11 is 6.22. The number of alkyl halides is 4. The summed E-state index contributed by atoms with van der Waals surface area (Å²) in [5, 5.41) is 0.194. The molecule has 23 heavy (non-hydrogen) atoms. The van der Waals surface area contributed by atoms with E-state index in [0.717, 1.165) is 24.6 Å². The minimum Gasteiger partial charge on any atom is -0.349 e. The van der Waals surface area contributed by atoms with Gasteiger partial charge in [-0.05, 0) is 31.9 Å². The highest BCUT2D eigenvalue weighted by molar-refractivity contribution is 6.25. The van der Waals surface area contributed by atoms with E-state index >= 15 is 0 Å². The molecule has 0 radical (unpaired) electrons. The lowest BCUT2D eigenvalue weighted by Gasteiger charge is -2.30. The predicted octanol–water partition coefficient (Wildman–Crippen LogP) is 4.28. The Bertz CT molecular complexity index is 551. The topological polar surface area (TPSA) is 32.5 Å². The predicted molar refractivity (Wildman–Crippen MR) is 86.3 cm³/mol. The number of nitrogens with two attached hydrogens (primary N) is 1. The first kappa shape index (κ1) is 18.2. The van der Waals surface area contributed by atoms with E-state index in [1.807, 2.05) is 31.7 Å². The molecule has 2 rings (SSSR count). The number of allylic oxidation sites excluding steroid dienone is 4. The van der Waals surface area contributed by atoms with Crippen LogP contribution in [0.5, 0.6) is 0 Å². The first-order chi connectivity index (χ1) is 10.7. The van der Waals surface area contributed by atoms with Gasteiger partial charge in [0.1, 0.15) is 6.17 Å². The number of hydrogen-bond donors (Lipinski definition) is 1. The van der Waals surface area contributed by atoms with E-state index in [1.54, 1.807) is 0 Å². The Balaban J connectivity index is 2.55. The smallest absolute Gasteiger partial charge is 0.349 e. The molecule has 2 N–H and O–H groups in total. The molecule has 7 heteroatoms. The minimum atomic E-state index is -4.47. The summed E-state index contributed by atoms with van der Waals surface area (Å²) in [5.74, 6) is 6.02. The summed E-state index contributed by atoms with van der Waals surface area (Å²) in [5.41, 5.74) is 0.894. The zero-order chi connectivity index (χ0) is 17.4. The fraction of sp³-hybridized carbons (Fsp3) is 0.625. The maximum atomic E-state index is 13.3. The molecule has 2 aliphatic rings. The molecular weight excluding hydrogens is 327 g/mol. The summed E-state index contributed by atoms with van der Waals surface area (Å²) in [6.07, 6.45) is 0.842. The van der Waals surface area contributed by atoms with Crippen LogP contribution in [0.2, 0.25) is 0 Å². The normalized spacial score (nSPS) is 27.0. The molecule has 1 aliphatic heterocycles. The standard InChI is InChI=1S/C16H23ClF3N3/c1-4-6-7-8-11-14(17)12(16(18,19)20)9-13-15(11)22(5-2)10(3)23(13)21/h8-10,14H,4-7,21H2,1-3H3. The van der Waals surface area contributed by atoms with Gasteiger partial charge in [-0.15, -0.1) is 11.6 Å². The second kappa shape index (κ2) is 6.77. The number of hydrogen-bond acceptors (Lipinski definition) is 3. The Morgan fingerprint density at radius 3 is 2.52 bits per heavy atom. The number of rotatable bonds is 4. The lowest BCUT2D eigenvalue weighted by atomic mass is 9.92. The van der Waals surface area contributed by atoms with Crippen molar-refractivity contribution in [3.05, 3.63) is 34.7 Å². The van der Waals surface area contributed by atoms with Crippen LogP contribution in [0.25, 0.3) is 0 Å². The van der Waals surface area contributed by atoms with Crippen molar-refractivity contribution in [3.8, 4) is 0 Å². The van der Waals surface area contributed by atoms with Crippen molar-refractivity contribution in [2.24, 2.45) is 5.84 Å². The van der Waals surface area contributed by atoms with Gasteiger partial charge in [0.2, 0.25) is 0 Å². The fourth-order valence-corrected chi connectivity index (χ4v) is 3.46. The van der Waals surface area contributed by atoms with Gasteiger partial charge in [-0.3, -0.25) is 5.01 Å². The van der Waals surface area contributed by atoms with Crippen molar-refractivity contribution in [2.45, 2.75) is 57.8 Å². The van der Waals surface area contributed by atoms with E-state index < -0.39 is 17.1 Å².